The molecule has 0 bridgehead atoms. The molecule has 3 atom stereocenters. The van der Waals surface area contributed by atoms with Crippen molar-refractivity contribution in [2.75, 3.05) is 0 Å². The molecule has 3 unspecified atom stereocenters. The van der Waals surface area contributed by atoms with E-state index in [0.29, 0.717) is 17.6 Å². The third-order valence-electron chi connectivity index (χ3n) is 1.95. The van der Waals surface area contributed by atoms with Gasteiger partial charge in [0.15, 0.2) is 0 Å². The van der Waals surface area contributed by atoms with E-state index in [1.165, 1.54) is 12.8 Å². The Balaban J connectivity index is 1.99. The molecule has 1 nitrogen and oxygen atoms in total. The van der Waals surface area contributed by atoms with E-state index in [1.54, 1.807) is 0 Å². The van der Waals surface area contributed by atoms with E-state index in [4.69, 9.17) is 16.3 Å². The highest BCUT2D eigenvalue weighted by Gasteiger charge is 2.46. The molecule has 2 heteroatoms. The van der Waals surface area contributed by atoms with Crippen molar-refractivity contribution in [1.82, 2.24) is 0 Å². The molecule has 0 radical (unpaired) electrons. The smallest absolute Gasteiger partial charge is 0.100 e. The van der Waals surface area contributed by atoms with Gasteiger partial charge in [-0.3, -0.25) is 0 Å². The molecule has 2 fully saturated rings. The first kappa shape index (κ1) is 5.07. The van der Waals surface area contributed by atoms with Crippen molar-refractivity contribution in [1.29, 1.82) is 0 Å². The number of halogens is 1. The Morgan fingerprint density at radius 3 is 2.88 bits per heavy atom. The number of ether oxygens (including phenoxy) is 1. The fraction of sp³-hybridized carbons (Fsp3) is 1.00. The van der Waals surface area contributed by atoms with Crippen LogP contribution in [-0.4, -0.2) is 17.6 Å². The monoisotopic (exact) mass is 132 g/mol. The summed E-state index contributed by atoms with van der Waals surface area (Å²) in [6, 6.07) is 0. The van der Waals surface area contributed by atoms with E-state index in [1.807, 2.05) is 0 Å². The molecule has 2 rings (SSSR count). The second-order valence-electron chi connectivity index (χ2n) is 2.59. The zero-order valence-corrected chi connectivity index (χ0v) is 5.40. The van der Waals surface area contributed by atoms with Gasteiger partial charge < -0.3 is 4.74 Å². The lowest BCUT2D eigenvalue weighted by Gasteiger charge is -2.08. The summed E-state index contributed by atoms with van der Waals surface area (Å²) in [6.07, 6.45) is 4.64. The lowest BCUT2D eigenvalue weighted by molar-refractivity contribution is 0.374. The van der Waals surface area contributed by atoms with Gasteiger partial charge in [0.05, 0.1) is 11.5 Å². The van der Waals surface area contributed by atoms with E-state index < -0.39 is 0 Å². The molecule has 0 aromatic heterocycles. The second kappa shape index (κ2) is 1.61. The largest absolute Gasteiger partial charge is 0.368 e. The number of rotatable bonds is 0. The normalized spacial score (nSPS) is 52.9. The van der Waals surface area contributed by atoms with Crippen molar-refractivity contribution in [3.8, 4) is 0 Å². The van der Waals surface area contributed by atoms with E-state index in [2.05, 4.69) is 0 Å². The molecule has 2 aliphatic rings. The van der Waals surface area contributed by atoms with Crippen molar-refractivity contribution >= 4 is 11.6 Å². The average Bonchev–Trinajstić information content (AvgIpc) is 2.45. The molecule has 0 aromatic rings. The van der Waals surface area contributed by atoms with Crippen LogP contribution in [0.1, 0.15) is 19.3 Å². The van der Waals surface area contributed by atoms with Crippen LogP contribution in [0.15, 0.2) is 0 Å². The van der Waals surface area contributed by atoms with E-state index in [9.17, 15) is 0 Å². The summed E-state index contributed by atoms with van der Waals surface area (Å²) < 4.78 is 5.26. The zero-order valence-electron chi connectivity index (χ0n) is 4.64. The summed E-state index contributed by atoms with van der Waals surface area (Å²) in [5.41, 5.74) is 0. The Hall–Kier alpha value is 0.250. The summed E-state index contributed by atoms with van der Waals surface area (Å²) in [4.78, 5) is 0. The highest BCUT2D eigenvalue weighted by atomic mass is 35.5. The summed E-state index contributed by atoms with van der Waals surface area (Å²) in [5.74, 6) is 0. The number of alkyl halides is 1. The lowest BCUT2D eigenvalue weighted by Crippen LogP contribution is -2.15. The fourth-order valence-electron chi connectivity index (χ4n) is 1.39. The first-order valence-corrected chi connectivity index (χ1v) is 3.61. The predicted octanol–water partition coefficient (Wildman–Crippen LogP) is 1.55. The molecule has 1 aliphatic heterocycles. The van der Waals surface area contributed by atoms with Gasteiger partial charge in [0.25, 0.3) is 0 Å². The Morgan fingerprint density at radius 2 is 2.25 bits per heavy atom. The van der Waals surface area contributed by atoms with Crippen molar-refractivity contribution in [3.05, 3.63) is 0 Å². The molecule has 0 spiro atoms. The number of hydrogen-bond acceptors (Lipinski definition) is 1. The van der Waals surface area contributed by atoms with Gasteiger partial charge in [0.2, 0.25) is 0 Å². The molecule has 8 heavy (non-hydrogen) atoms. The maximum Gasteiger partial charge on any atom is 0.100 e. The fourth-order valence-corrected chi connectivity index (χ4v) is 1.76. The van der Waals surface area contributed by atoms with E-state index in [0.717, 1.165) is 6.42 Å². The van der Waals surface area contributed by atoms with Crippen molar-refractivity contribution in [3.63, 3.8) is 0 Å². The molecular formula is C6H9ClO. The summed E-state index contributed by atoms with van der Waals surface area (Å²) >= 11 is 5.88. The molecule has 46 valence electrons. The maximum absolute atomic E-state index is 5.88. The van der Waals surface area contributed by atoms with Crippen LogP contribution < -0.4 is 0 Å². The van der Waals surface area contributed by atoms with Crippen molar-refractivity contribution in [2.24, 2.45) is 0 Å². The standard InChI is InChI=1S/C6H9ClO/c7-4-2-1-3-5-6(4)8-5/h4-6H,1-3H2. The number of fused-ring (bicyclic) bond motifs is 1. The average molecular weight is 133 g/mol. The SMILES string of the molecule is ClC1CCCC2OC12. The second-order valence-corrected chi connectivity index (χ2v) is 3.15. The summed E-state index contributed by atoms with van der Waals surface area (Å²) in [6.45, 7) is 0. The van der Waals surface area contributed by atoms with Crippen LogP contribution in [0.25, 0.3) is 0 Å². The molecule has 1 heterocycles. The van der Waals surface area contributed by atoms with Crippen LogP contribution in [0.2, 0.25) is 0 Å². The van der Waals surface area contributed by atoms with Crippen LogP contribution in [-0.2, 0) is 4.74 Å². The van der Waals surface area contributed by atoms with Crippen LogP contribution in [0.4, 0.5) is 0 Å². The van der Waals surface area contributed by atoms with Crippen LogP contribution in [0, 0.1) is 0 Å². The van der Waals surface area contributed by atoms with Gasteiger partial charge in [-0.05, 0) is 19.3 Å². The van der Waals surface area contributed by atoms with Gasteiger partial charge in [-0.15, -0.1) is 11.6 Å². The van der Waals surface area contributed by atoms with E-state index in [-0.39, 0.29) is 0 Å². The predicted molar refractivity (Wildman–Crippen MR) is 32.2 cm³/mol. The first-order valence-electron chi connectivity index (χ1n) is 3.17. The lowest BCUT2D eigenvalue weighted by atomic mass is 10.0. The summed E-state index contributed by atoms with van der Waals surface area (Å²) in [5, 5.41) is 0.328. The highest BCUT2D eigenvalue weighted by molar-refractivity contribution is 6.21. The van der Waals surface area contributed by atoms with Crippen molar-refractivity contribution in [2.45, 2.75) is 36.8 Å². The third-order valence-corrected chi connectivity index (χ3v) is 2.41. The quantitative estimate of drug-likeness (QED) is 0.360. The Bertz CT molecular complexity index is 105. The van der Waals surface area contributed by atoms with Gasteiger partial charge in [0, 0.05) is 0 Å². The maximum atomic E-state index is 5.88. The topological polar surface area (TPSA) is 12.5 Å². The molecular weight excluding hydrogens is 124 g/mol. The van der Waals surface area contributed by atoms with Crippen LogP contribution in [0.5, 0.6) is 0 Å². The Morgan fingerprint density at radius 1 is 1.38 bits per heavy atom. The number of epoxide rings is 1. The molecule has 0 amide bonds. The Kier molecular flexibility index (Phi) is 1.02. The van der Waals surface area contributed by atoms with Gasteiger partial charge in [-0.25, -0.2) is 0 Å². The minimum atomic E-state index is 0.328. The zero-order chi connectivity index (χ0) is 5.56. The highest BCUT2D eigenvalue weighted by Crippen LogP contribution is 2.39. The van der Waals surface area contributed by atoms with Gasteiger partial charge in [0.1, 0.15) is 6.10 Å². The van der Waals surface area contributed by atoms with Gasteiger partial charge in [-0.1, -0.05) is 0 Å². The molecule has 1 saturated heterocycles. The summed E-state index contributed by atoms with van der Waals surface area (Å²) in [7, 11) is 0. The van der Waals surface area contributed by atoms with Crippen LogP contribution >= 0.6 is 11.6 Å². The van der Waals surface area contributed by atoms with Crippen molar-refractivity contribution < 1.29 is 4.74 Å². The first-order chi connectivity index (χ1) is 3.88. The molecule has 1 aliphatic carbocycles. The number of hydrogen-bond donors (Lipinski definition) is 0. The minimum absolute atomic E-state index is 0.328. The minimum Gasteiger partial charge on any atom is -0.368 e. The molecule has 0 N–H and O–H groups in total. The molecule has 1 saturated carbocycles. The Labute approximate surface area is 54.0 Å². The third kappa shape index (κ3) is 0.652. The van der Waals surface area contributed by atoms with E-state index >= 15 is 0 Å². The van der Waals surface area contributed by atoms with Crippen LogP contribution in [0.3, 0.4) is 0 Å². The molecule has 0 aromatic carbocycles. The van der Waals surface area contributed by atoms with Gasteiger partial charge in [-0.2, -0.15) is 0 Å². The van der Waals surface area contributed by atoms with Gasteiger partial charge >= 0.3 is 0 Å².